The molecule has 0 aliphatic heterocycles. The number of benzene rings is 3. The third-order valence-electron chi connectivity index (χ3n) is 6.43. The molecule has 0 aliphatic carbocycles. The van der Waals surface area contributed by atoms with E-state index in [1.165, 1.54) is 0 Å². The largest absolute Gasteiger partial charge is 0.512 e. The Labute approximate surface area is 252 Å². The molecule has 0 fully saturated rings. The third-order valence-corrected chi connectivity index (χ3v) is 6.43. The van der Waals surface area contributed by atoms with Gasteiger partial charge in [0.15, 0.2) is 11.6 Å². The summed E-state index contributed by atoms with van der Waals surface area (Å²) in [4.78, 5) is 18.6. The first kappa shape index (κ1) is 29.0. The molecule has 0 spiro atoms. The van der Waals surface area contributed by atoms with Crippen LogP contribution in [0.5, 0.6) is 0 Å². The molecule has 0 aliphatic rings. The zero-order chi connectivity index (χ0) is 27.9. The molecule has 0 atom stereocenters. The van der Waals surface area contributed by atoms with Crippen LogP contribution in [0.2, 0.25) is 0 Å². The molecule has 1 radical (unpaired) electrons. The van der Waals surface area contributed by atoms with Crippen molar-refractivity contribution >= 4 is 22.1 Å². The molecule has 7 aromatic rings. The van der Waals surface area contributed by atoms with Gasteiger partial charge in [-0.25, -0.2) is 15.0 Å². The Bertz CT molecular complexity index is 1760. The van der Waals surface area contributed by atoms with Crippen molar-refractivity contribution in [2.45, 2.75) is 0 Å². The van der Waals surface area contributed by atoms with E-state index < -0.39 is 0 Å². The minimum Gasteiger partial charge on any atom is -0.512 e. The van der Waals surface area contributed by atoms with Crippen LogP contribution in [-0.2, 0) is 34.2 Å². The maximum Gasteiger partial charge on any atom is 0.159 e. The second-order valence-corrected chi connectivity index (χ2v) is 8.87. The van der Waals surface area contributed by atoms with Crippen molar-refractivity contribution in [3.05, 3.63) is 128 Å². The number of hydrogen-bond donors (Lipinski definition) is 0. The zero-order valence-electron chi connectivity index (χ0n) is 22.4. The number of rotatable bonds is 3. The summed E-state index contributed by atoms with van der Waals surface area (Å²) in [5.74, 6) is 1.71. The van der Waals surface area contributed by atoms with E-state index in [2.05, 4.69) is 32.3 Å². The third kappa shape index (κ3) is 6.12. The van der Waals surface area contributed by atoms with Crippen molar-refractivity contribution in [1.82, 2.24) is 29.1 Å². The molecule has 4 aromatic heterocycles. The van der Waals surface area contributed by atoms with Crippen LogP contribution in [-0.4, -0.2) is 29.1 Å². The van der Waals surface area contributed by atoms with Crippen molar-refractivity contribution in [3.63, 3.8) is 0 Å². The quantitative estimate of drug-likeness (QED) is 0.188. The van der Waals surface area contributed by atoms with Gasteiger partial charge in [0.25, 0.3) is 0 Å². The number of para-hydroxylation sites is 4. The van der Waals surface area contributed by atoms with Gasteiger partial charge in [0, 0.05) is 40.4 Å². The number of aromatic nitrogens is 6. The van der Waals surface area contributed by atoms with Gasteiger partial charge in [-0.1, -0.05) is 42.5 Å². The summed E-state index contributed by atoms with van der Waals surface area (Å²) >= 11 is 0. The second-order valence-electron chi connectivity index (χ2n) is 8.87. The van der Waals surface area contributed by atoms with Crippen LogP contribution in [0.3, 0.4) is 0 Å². The molecule has 0 N–H and O–H groups in total. The van der Waals surface area contributed by atoms with Crippen molar-refractivity contribution in [2.75, 3.05) is 0 Å². The average molecular weight is 712 g/mol. The Morgan fingerprint density at radius 3 is 1.59 bits per heavy atom. The molecule has 7 rings (SSSR count). The summed E-state index contributed by atoms with van der Waals surface area (Å²) in [6.07, 6.45) is 1.79. The van der Waals surface area contributed by atoms with Gasteiger partial charge in [0.2, 0.25) is 0 Å². The smallest absolute Gasteiger partial charge is 0.159 e. The number of fused-ring (bicyclic) bond motifs is 2. The van der Waals surface area contributed by atoms with Gasteiger partial charge in [0.1, 0.15) is 11.4 Å². The summed E-state index contributed by atoms with van der Waals surface area (Å²) in [6, 6.07) is 39.1. The molecule has 0 bridgehead atoms. The van der Waals surface area contributed by atoms with E-state index in [1.807, 2.05) is 111 Å². The predicted molar refractivity (Wildman–Crippen MR) is 157 cm³/mol. The Hall–Kier alpha value is -4.96. The van der Waals surface area contributed by atoms with Crippen LogP contribution in [0, 0.1) is 17.9 Å². The first-order chi connectivity index (χ1) is 19.7. The van der Waals surface area contributed by atoms with Gasteiger partial charge in [-0.3, -0.25) is 0 Å². The van der Waals surface area contributed by atoms with Gasteiger partial charge in [0.05, 0.1) is 22.1 Å². The molecular formula is C33H25IrN7-2. The summed E-state index contributed by atoms with van der Waals surface area (Å²) in [5.41, 5.74) is 7.83. The van der Waals surface area contributed by atoms with E-state index >= 15 is 0 Å². The molecule has 4 heterocycles. The zero-order valence-corrected chi connectivity index (χ0v) is 24.8. The average Bonchev–Trinajstić information content (AvgIpc) is 3.56. The van der Waals surface area contributed by atoms with Gasteiger partial charge < -0.3 is 26.0 Å². The molecule has 8 heteroatoms. The van der Waals surface area contributed by atoms with E-state index in [9.17, 15) is 0 Å². The Kier molecular flexibility index (Phi) is 9.49. The number of pyridine rings is 2. The van der Waals surface area contributed by atoms with Crippen LogP contribution in [0.25, 0.3) is 56.4 Å². The van der Waals surface area contributed by atoms with Crippen molar-refractivity contribution in [1.29, 1.82) is 5.26 Å². The van der Waals surface area contributed by atoms with Gasteiger partial charge in [-0.15, -0.1) is 35.9 Å². The van der Waals surface area contributed by atoms with Crippen molar-refractivity contribution in [3.8, 4) is 34.3 Å². The fourth-order valence-corrected chi connectivity index (χ4v) is 4.51. The molecule has 41 heavy (non-hydrogen) atoms. The van der Waals surface area contributed by atoms with E-state index in [-0.39, 0.29) is 20.1 Å². The number of hydrogen-bond acceptors (Lipinski definition) is 5. The normalized spacial score (nSPS) is 10.1. The molecule has 0 amide bonds. The molecule has 3 aromatic carbocycles. The van der Waals surface area contributed by atoms with Crippen molar-refractivity contribution < 1.29 is 20.1 Å². The Morgan fingerprint density at radius 1 is 0.585 bits per heavy atom. The molecular weight excluding hydrogens is 687 g/mol. The summed E-state index contributed by atoms with van der Waals surface area (Å²) < 4.78 is 4.16. The minimum atomic E-state index is 0. The molecule has 0 saturated carbocycles. The van der Waals surface area contributed by atoms with E-state index in [4.69, 9.17) is 26.8 Å². The summed E-state index contributed by atoms with van der Waals surface area (Å²) in [7, 11) is 4.04. The van der Waals surface area contributed by atoms with E-state index in [1.54, 1.807) is 6.20 Å². The maximum absolute atomic E-state index is 6.25. The molecule has 0 saturated heterocycles. The summed E-state index contributed by atoms with van der Waals surface area (Å²) in [5, 5.41) is 6.25. The van der Waals surface area contributed by atoms with Gasteiger partial charge in [-0.05, 0) is 48.2 Å². The fourth-order valence-electron chi connectivity index (χ4n) is 4.51. The molecule has 7 nitrogen and oxygen atoms in total. The Balaban J connectivity index is 0.000000218. The fraction of sp³-hybridized carbons (Fsp3) is 0.0606. The second kappa shape index (κ2) is 13.4. The number of aryl methyl sites for hydroxylation is 2. The topological polar surface area (TPSA) is 85.2 Å². The van der Waals surface area contributed by atoms with E-state index in [0.29, 0.717) is 0 Å². The number of nitrogens with zero attached hydrogens (tertiary/aromatic N) is 7. The monoisotopic (exact) mass is 712 g/mol. The standard InChI is InChI=1S/C21H17N5.C11H8N.CN.Ir/c1-25-18-12-5-3-8-14(18)23-20(25)16-10-7-11-17(22-16)21-24-15-9-4-6-13-19(15)26(21)2;1-2-6-10(7-3-1)11-8-4-5-9-12-11;1-2;/h3-13H,1-2H3;1-6,8-9H;;/q;2*-1;. The molecule has 203 valence electrons. The SMILES string of the molecule is Cn1c(-c2cccc(-c3nc4ccccc4n3C)n2)nc2ccccc21.[C-]#N.[Ir].[c-]1ccccc1-c1ccccn1. The Morgan fingerprint density at radius 2 is 1.10 bits per heavy atom. The minimum absolute atomic E-state index is 0. The van der Waals surface area contributed by atoms with Crippen LogP contribution in [0.1, 0.15) is 0 Å². The van der Waals surface area contributed by atoms with E-state index in [0.717, 1.165) is 56.4 Å². The van der Waals surface area contributed by atoms with Gasteiger partial charge >= 0.3 is 0 Å². The first-order valence-corrected chi connectivity index (χ1v) is 12.6. The van der Waals surface area contributed by atoms with Crippen LogP contribution < -0.4 is 0 Å². The van der Waals surface area contributed by atoms with Crippen LogP contribution >= 0.6 is 0 Å². The molecule has 0 unspecified atom stereocenters. The van der Waals surface area contributed by atoms with Gasteiger partial charge in [-0.2, -0.15) is 0 Å². The maximum atomic E-state index is 6.25. The van der Waals surface area contributed by atoms with Crippen molar-refractivity contribution in [2.24, 2.45) is 14.1 Å². The first-order valence-electron chi connectivity index (χ1n) is 12.6. The van der Waals surface area contributed by atoms with Crippen LogP contribution in [0.4, 0.5) is 0 Å². The number of imidazole rings is 2. The predicted octanol–water partition coefficient (Wildman–Crippen LogP) is 6.83. The van der Waals surface area contributed by atoms with Crippen LogP contribution in [0.15, 0.2) is 115 Å². The summed E-state index contributed by atoms with van der Waals surface area (Å²) in [6.45, 7) is 4.75.